The molecule has 0 heterocycles. The van der Waals surface area contributed by atoms with E-state index in [2.05, 4.69) is 12.2 Å². The fourth-order valence-electron chi connectivity index (χ4n) is 1.28. The molecule has 0 aliphatic heterocycles. The topological polar surface area (TPSA) is 9.23 Å². The quantitative estimate of drug-likeness (QED) is 0.702. The third-order valence-electron chi connectivity index (χ3n) is 1.89. The predicted molar refractivity (Wildman–Crippen MR) is 71.2 cm³/mol. The minimum absolute atomic E-state index is 0.143. The van der Waals surface area contributed by atoms with Crippen molar-refractivity contribution >= 4 is 17.7 Å². The van der Waals surface area contributed by atoms with Crippen LogP contribution in [0, 0.1) is 0 Å². The zero-order valence-electron chi connectivity index (χ0n) is 10.2. The molecular formula is C14H19ClO. The van der Waals surface area contributed by atoms with Crippen LogP contribution in [0.4, 0.5) is 0 Å². The number of benzene rings is 1. The summed E-state index contributed by atoms with van der Waals surface area (Å²) in [7, 11) is 0. The Morgan fingerprint density at radius 3 is 2.31 bits per heavy atom. The average molecular weight is 239 g/mol. The molecule has 0 aliphatic carbocycles. The van der Waals surface area contributed by atoms with Crippen LogP contribution in [0.15, 0.2) is 30.3 Å². The van der Waals surface area contributed by atoms with Crippen molar-refractivity contribution < 1.29 is 4.74 Å². The molecule has 0 aliphatic rings. The van der Waals surface area contributed by atoms with Gasteiger partial charge < -0.3 is 4.74 Å². The maximum absolute atomic E-state index is 5.74. The highest BCUT2D eigenvalue weighted by Crippen LogP contribution is 2.18. The van der Waals surface area contributed by atoms with Crippen molar-refractivity contribution in [3.63, 3.8) is 0 Å². The molecule has 2 heteroatoms. The second-order valence-electron chi connectivity index (χ2n) is 4.66. The molecule has 0 fully saturated rings. The molecule has 0 spiro atoms. The summed E-state index contributed by atoms with van der Waals surface area (Å²) in [5, 5.41) is 0. The van der Waals surface area contributed by atoms with Gasteiger partial charge in [-0.2, -0.15) is 0 Å². The molecule has 0 saturated heterocycles. The molecule has 1 rings (SSSR count). The second-order valence-corrected chi connectivity index (χ2v) is 5.04. The maximum atomic E-state index is 5.74. The zero-order valence-corrected chi connectivity index (χ0v) is 10.9. The summed E-state index contributed by atoms with van der Waals surface area (Å²) in [6.07, 6.45) is 5.05. The summed E-state index contributed by atoms with van der Waals surface area (Å²) < 4.78 is 5.74. The zero-order chi connectivity index (χ0) is 12.0. The fourth-order valence-corrected chi connectivity index (χ4v) is 1.41. The molecule has 0 aromatic heterocycles. The molecule has 0 N–H and O–H groups in total. The normalized spacial score (nSPS) is 12.0. The fraction of sp³-hybridized carbons (Fsp3) is 0.429. The van der Waals surface area contributed by atoms with Gasteiger partial charge in [-0.3, -0.25) is 0 Å². The van der Waals surface area contributed by atoms with Crippen molar-refractivity contribution in [2.45, 2.75) is 32.8 Å². The first-order valence-electron chi connectivity index (χ1n) is 5.53. The van der Waals surface area contributed by atoms with Crippen LogP contribution < -0.4 is 4.74 Å². The highest BCUT2D eigenvalue weighted by atomic mass is 35.5. The summed E-state index contributed by atoms with van der Waals surface area (Å²) in [6.45, 7) is 6.13. The molecule has 0 saturated carbocycles. The summed E-state index contributed by atoms with van der Waals surface area (Å²) in [5.41, 5.74) is 1.03. The van der Waals surface area contributed by atoms with Crippen molar-refractivity contribution in [2.24, 2.45) is 0 Å². The van der Waals surface area contributed by atoms with Gasteiger partial charge in [-0.1, -0.05) is 24.3 Å². The smallest absolute Gasteiger partial charge is 0.120 e. The first-order chi connectivity index (χ1) is 7.51. The van der Waals surface area contributed by atoms with Crippen LogP contribution in [0.25, 0.3) is 6.08 Å². The molecule has 1 aromatic rings. The SMILES string of the molecule is CC(C)(C)Oc1ccc(C=CCCCl)cc1. The summed E-state index contributed by atoms with van der Waals surface area (Å²) >= 11 is 5.59. The maximum Gasteiger partial charge on any atom is 0.120 e. The van der Waals surface area contributed by atoms with E-state index in [9.17, 15) is 0 Å². The largest absolute Gasteiger partial charge is 0.488 e. The number of ether oxygens (including phenoxy) is 1. The molecule has 1 aromatic carbocycles. The molecular weight excluding hydrogens is 220 g/mol. The van der Waals surface area contributed by atoms with Crippen molar-refractivity contribution in [3.05, 3.63) is 35.9 Å². The van der Waals surface area contributed by atoms with Gasteiger partial charge >= 0.3 is 0 Å². The van der Waals surface area contributed by atoms with Gasteiger partial charge in [0.15, 0.2) is 0 Å². The van der Waals surface area contributed by atoms with Crippen LogP contribution in [-0.4, -0.2) is 11.5 Å². The lowest BCUT2D eigenvalue weighted by atomic mass is 10.1. The van der Waals surface area contributed by atoms with Gasteiger partial charge in [0.2, 0.25) is 0 Å². The third-order valence-corrected chi connectivity index (χ3v) is 2.11. The van der Waals surface area contributed by atoms with Gasteiger partial charge in [-0.05, 0) is 44.9 Å². The molecule has 0 atom stereocenters. The van der Waals surface area contributed by atoms with E-state index in [0.29, 0.717) is 5.88 Å². The number of hydrogen-bond acceptors (Lipinski definition) is 1. The summed E-state index contributed by atoms with van der Waals surface area (Å²) in [6, 6.07) is 8.08. The van der Waals surface area contributed by atoms with Crippen LogP contribution in [0.2, 0.25) is 0 Å². The number of alkyl halides is 1. The lowest BCUT2D eigenvalue weighted by Gasteiger charge is -2.21. The van der Waals surface area contributed by atoms with Gasteiger partial charge in [0.1, 0.15) is 11.4 Å². The van der Waals surface area contributed by atoms with E-state index in [1.807, 2.05) is 45.0 Å². The third kappa shape index (κ3) is 5.22. The Morgan fingerprint density at radius 2 is 1.81 bits per heavy atom. The van der Waals surface area contributed by atoms with E-state index < -0.39 is 0 Å². The van der Waals surface area contributed by atoms with Crippen molar-refractivity contribution in [2.75, 3.05) is 5.88 Å². The van der Waals surface area contributed by atoms with Gasteiger partial charge in [0, 0.05) is 5.88 Å². The minimum atomic E-state index is -0.143. The second kappa shape index (κ2) is 5.95. The molecule has 0 unspecified atom stereocenters. The average Bonchev–Trinajstić information content (AvgIpc) is 2.19. The molecule has 88 valence electrons. The van der Waals surface area contributed by atoms with Gasteiger partial charge in [-0.15, -0.1) is 11.6 Å². The highest BCUT2D eigenvalue weighted by molar-refractivity contribution is 6.17. The number of halogens is 1. The monoisotopic (exact) mass is 238 g/mol. The lowest BCUT2D eigenvalue weighted by molar-refractivity contribution is 0.131. The van der Waals surface area contributed by atoms with Crippen molar-refractivity contribution in [1.82, 2.24) is 0 Å². The van der Waals surface area contributed by atoms with Crippen LogP contribution in [0.5, 0.6) is 5.75 Å². The standard InChI is InChI=1S/C14H19ClO/c1-14(2,3)16-13-9-7-12(8-10-13)6-4-5-11-15/h4,6-10H,5,11H2,1-3H3. The Bertz CT molecular complexity index is 333. The molecule has 1 nitrogen and oxygen atoms in total. The molecule has 0 amide bonds. The van der Waals surface area contributed by atoms with E-state index in [1.54, 1.807) is 0 Å². The van der Waals surface area contributed by atoms with Gasteiger partial charge in [0.25, 0.3) is 0 Å². The first-order valence-corrected chi connectivity index (χ1v) is 6.06. The molecule has 16 heavy (non-hydrogen) atoms. The molecule has 0 radical (unpaired) electrons. The Labute approximate surface area is 103 Å². The first kappa shape index (κ1) is 13.1. The predicted octanol–water partition coefficient (Wildman–Crippen LogP) is 4.51. The van der Waals surface area contributed by atoms with E-state index >= 15 is 0 Å². The highest BCUT2D eigenvalue weighted by Gasteiger charge is 2.10. The Balaban J connectivity index is 2.61. The van der Waals surface area contributed by atoms with E-state index in [4.69, 9.17) is 16.3 Å². The number of allylic oxidation sites excluding steroid dienone is 1. The Morgan fingerprint density at radius 1 is 1.19 bits per heavy atom. The number of rotatable bonds is 4. The lowest BCUT2D eigenvalue weighted by Crippen LogP contribution is -2.22. The minimum Gasteiger partial charge on any atom is -0.488 e. The summed E-state index contributed by atoms with van der Waals surface area (Å²) in [5.74, 6) is 1.57. The van der Waals surface area contributed by atoms with E-state index in [-0.39, 0.29) is 5.60 Å². The van der Waals surface area contributed by atoms with Crippen LogP contribution in [-0.2, 0) is 0 Å². The summed E-state index contributed by atoms with van der Waals surface area (Å²) in [4.78, 5) is 0. The Kier molecular flexibility index (Phi) is 4.88. The van der Waals surface area contributed by atoms with E-state index in [1.165, 1.54) is 5.56 Å². The Hall–Kier alpha value is -0.950. The van der Waals surface area contributed by atoms with Gasteiger partial charge in [0.05, 0.1) is 0 Å². The van der Waals surface area contributed by atoms with Gasteiger partial charge in [-0.25, -0.2) is 0 Å². The van der Waals surface area contributed by atoms with Crippen molar-refractivity contribution in [1.29, 1.82) is 0 Å². The number of hydrogen-bond donors (Lipinski definition) is 0. The van der Waals surface area contributed by atoms with Crippen LogP contribution >= 0.6 is 11.6 Å². The van der Waals surface area contributed by atoms with E-state index in [0.717, 1.165) is 12.2 Å². The molecule has 0 bridgehead atoms. The van der Waals surface area contributed by atoms with Crippen LogP contribution in [0.3, 0.4) is 0 Å². The van der Waals surface area contributed by atoms with Crippen molar-refractivity contribution in [3.8, 4) is 5.75 Å². The van der Waals surface area contributed by atoms with Crippen LogP contribution in [0.1, 0.15) is 32.8 Å².